The molecule has 1 aliphatic carbocycles. The zero-order chi connectivity index (χ0) is 12.5. The summed E-state index contributed by atoms with van der Waals surface area (Å²) >= 11 is 1.55. The first-order chi connectivity index (χ1) is 7.99. The highest BCUT2D eigenvalue weighted by Crippen LogP contribution is 2.38. The number of Topliss-reactive ketones (excluding diaryl/α,β-unsaturated/α-hetero) is 1. The second kappa shape index (κ2) is 4.84. The van der Waals surface area contributed by atoms with Crippen LogP contribution in [0.1, 0.15) is 35.6 Å². The molecule has 5 heteroatoms. The van der Waals surface area contributed by atoms with Crippen LogP contribution in [0.4, 0.5) is 0 Å². The van der Waals surface area contributed by atoms with Gasteiger partial charge >= 0.3 is 0 Å². The molecule has 17 heavy (non-hydrogen) atoms. The number of rotatable bonds is 3. The van der Waals surface area contributed by atoms with E-state index in [1.165, 1.54) is 0 Å². The Kier molecular flexibility index (Phi) is 3.61. The van der Waals surface area contributed by atoms with E-state index in [9.17, 15) is 9.90 Å². The summed E-state index contributed by atoms with van der Waals surface area (Å²) in [5.74, 6) is 0.257. The summed E-state index contributed by atoms with van der Waals surface area (Å²) in [5, 5.41) is 11.5. The number of hydrogen-bond donors (Lipinski definition) is 1. The molecule has 1 heterocycles. The van der Waals surface area contributed by atoms with Gasteiger partial charge in [0.25, 0.3) is 0 Å². The molecule has 0 saturated heterocycles. The number of hydrogen-bond acceptors (Lipinski definition) is 5. The van der Waals surface area contributed by atoms with Crippen LogP contribution in [0.2, 0.25) is 0 Å². The van der Waals surface area contributed by atoms with E-state index in [-0.39, 0.29) is 5.78 Å². The standard InChI is InChI=1S/C12H18N2O2S/c1-14(2)8-11-13-7-10(17-11)12(16)5-3-9(15)4-6-12/h7,16H,3-6,8H2,1-2H3. The highest BCUT2D eigenvalue weighted by atomic mass is 32.1. The highest BCUT2D eigenvalue weighted by Gasteiger charge is 2.35. The minimum atomic E-state index is -0.823. The molecule has 1 aromatic rings. The third-order valence-electron chi connectivity index (χ3n) is 3.10. The Morgan fingerprint density at radius 1 is 1.47 bits per heavy atom. The summed E-state index contributed by atoms with van der Waals surface area (Å²) in [7, 11) is 3.99. The van der Waals surface area contributed by atoms with E-state index in [0.29, 0.717) is 25.7 Å². The Morgan fingerprint density at radius 2 is 2.12 bits per heavy atom. The SMILES string of the molecule is CN(C)Cc1ncc(C2(O)CCC(=O)CC2)s1. The number of aromatic nitrogens is 1. The predicted octanol–water partition coefficient (Wildman–Crippen LogP) is 1.54. The molecule has 1 aromatic heterocycles. The van der Waals surface area contributed by atoms with Crippen molar-refractivity contribution in [3.63, 3.8) is 0 Å². The molecule has 1 N–H and O–H groups in total. The molecule has 1 saturated carbocycles. The molecule has 0 aromatic carbocycles. The van der Waals surface area contributed by atoms with Crippen LogP contribution in [0.25, 0.3) is 0 Å². The number of aliphatic hydroxyl groups is 1. The van der Waals surface area contributed by atoms with Gasteiger partial charge in [0.05, 0.1) is 4.88 Å². The van der Waals surface area contributed by atoms with Crippen molar-refractivity contribution >= 4 is 17.1 Å². The van der Waals surface area contributed by atoms with Crippen molar-refractivity contribution in [2.75, 3.05) is 14.1 Å². The summed E-state index contributed by atoms with van der Waals surface area (Å²) in [5.41, 5.74) is -0.823. The fourth-order valence-corrected chi connectivity index (χ4v) is 3.24. The first-order valence-corrected chi connectivity index (χ1v) is 6.65. The maximum Gasteiger partial charge on any atom is 0.133 e. The summed E-state index contributed by atoms with van der Waals surface area (Å²) in [6.07, 6.45) is 3.80. The van der Waals surface area contributed by atoms with Gasteiger partial charge in [-0.05, 0) is 26.9 Å². The van der Waals surface area contributed by atoms with Crippen molar-refractivity contribution in [1.82, 2.24) is 9.88 Å². The molecule has 0 spiro atoms. The van der Waals surface area contributed by atoms with Gasteiger partial charge in [-0.3, -0.25) is 4.79 Å². The maximum absolute atomic E-state index is 11.2. The number of nitrogens with zero attached hydrogens (tertiary/aromatic N) is 2. The molecule has 0 bridgehead atoms. The van der Waals surface area contributed by atoms with Crippen LogP contribution < -0.4 is 0 Å². The lowest BCUT2D eigenvalue weighted by atomic mass is 9.83. The van der Waals surface area contributed by atoms with Crippen molar-refractivity contribution in [3.8, 4) is 0 Å². The molecule has 1 fully saturated rings. The van der Waals surface area contributed by atoms with Crippen LogP contribution in [-0.4, -0.2) is 34.9 Å². The van der Waals surface area contributed by atoms with Crippen molar-refractivity contribution in [2.24, 2.45) is 0 Å². The summed E-state index contributed by atoms with van der Waals surface area (Å²) < 4.78 is 0. The van der Waals surface area contributed by atoms with Crippen LogP contribution in [-0.2, 0) is 16.9 Å². The molecule has 0 unspecified atom stereocenters. The van der Waals surface area contributed by atoms with Gasteiger partial charge in [0.1, 0.15) is 16.4 Å². The van der Waals surface area contributed by atoms with Gasteiger partial charge in [-0.25, -0.2) is 4.98 Å². The van der Waals surface area contributed by atoms with E-state index in [4.69, 9.17) is 0 Å². The lowest BCUT2D eigenvalue weighted by Gasteiger charge is -2.29. The van der Waals surface area contributed by atoms with Gasteiger partial charge in [0.15, 0.2) is 0 Å². The van der Waals surface area contributed by atoms with Gasteiger partial charge in [-0.1, -0.05) is 0 Å². The normalized spacial score (nSPS) is 19.9. The van der Waals surface area contributed by atoms with Crippen molar-refractivity contribution in [3.05, 3.63) is 16.1 Å². The van der Waals surface area contributed by atoms with Crippen LogP contribution in [0.3, 0.4) is 0 Å². The lowest BCUT2D eigenvalue weighted by Crippen LogP contribution is -2.30. The van der Waals surface area contributed by atoms with E-state index in [0.717, 1.165) is 16.4 Å². The third kappa shape index (κ3) is 2.91. The predicted molar refractivity (Wildman–Crippen MR) is 66.9 cm³/mol. The molecule has 1 aliphatic rings. The molecule has 0 amide bonds. The quantitative estimate of drug-likeness (QED) is 0.889. The van der Waals surface area contributed by atoms with Gasteiger partial charge in [-0.15, -0.1) is 11.3 Å². The molecule has 0 atom stereocenters. The first-order valence-electron chi connectivity index (χ1n) is 5.83. The minimum Gasteiger partial charge on any atom is -0.384 e. The molecule has 4 nitrogen and oxygen atoms in total. The number of ketones is 1. The summed E-state index contributed by atoms with van der Waals surface area (Å²) in [6, 6.07) is 0. The van der Waals surface area contributed by atoms with Gasteiger partial charge in [-0.2, -0.15) is 0 Å². The molecule has 0 aliphatic heterocycles. The van der Waals surface area contributed by atoms with Gasteiger partial charge in [0.2, 0.25) is 0 Å². The number of thiazole rings is 1. The molecular formula is C12H18N2O2S. The van der Waals surface area contributed by atoms with Gasteiger partial charge in [0, 0.05) is 25.6 Å². The van der Waals surface area contributed by atoms with E-state index in [2.05, 4.69) is 9.88 Å². The van der Waals surface area contributed by atoms with Crippen molar-refractivity contribution in [2.45, 2.75) is 37.8 Å². The van der Waals surface area contributed by atoms with Crippen LogP contribution >= 0.6 is 11.3 Å². The average Bonchev–Trinajstić information content (AvgIpc) is 2.71. The Hall–Kier alpha value is -0.780. The number of carbonyl (C=O) groups excluding carboxylic acids is 1. The molecule has 94 valence electrons. The second-order valence-electron chi connectivity index (χ2n) is 4.93. The first kappa shape index (κ1) is 12.7. The van der Waals surface area contributed by atoms with E-state index < -0.39 is 5.60 Å². The Bertz CT molecular complexity index is 404. The molecule has 0 radical (unpaired) electrons. The minimum absolute atomic E-state index is 0.257. The largest absolute Gasteiger partial charge is 0.384 e. The fourth-order valence-electron chi connectivity index (χ4n) is 2.06. The highest BCUT2D eigenvalue weighted by molar-refractivity contribution is 7.11. The number of carbonyl (C=O) groups is 1. The summed E-state index contributed by atoms with van der Waals surface area (Å²) in [6.45, 7) is 0.791. The van der Waals surface area contributed by atoms with E-state index in [1.54, 1.807) is 17.5 Å². The maximum atomic E-state index is 11.2. The van der Waals surface area contributed by atoms with E-state index in [1.807, 2.05) is 14.1 Å². The average molecular weight is 254 g/mol. The Labute approximate surface area is 105 Å². The second-order valence-corrected chi connectivity index (χ2v) is 6.04. The van der Waals surface area contributed by atoms with Gasteiger partial charge < -0.3 is 10.0 Å². The summed E-state index contributed by atoms with van der Waals surface area (Å²) in [4.78, 5) is 18.5. The third-order valence-corrected chi connectivity index (χ3v) is 4.27. The Balaban J connectivity index is 2.11. The molecular weight excluding hydrogens is 236 g/mol. The fraction of sp³-hybridized carbons (Fsp3) is 0.667. The monoisotopic (exact) mass is 254 g/mol. The zero-order valence-corrected chi connectivity index (χ0v) is 11.1. The van der Waals surface area contributed by atoms with Crippen LogP contribution in [0, 0.1) is 0 Å². The van der Waals surface area contributed by atoms with Crippen LogP contribution in [0.5, 0.6) is 0 Å². The van der Waals surface area contributed by atoms with E-state index >= 15 is 0 Å². The Morgan fingerprint density at radius 3 is 2.71 bits per heavy atom. The van der Waals surface area contributed by atoms with Crippen LogP contribution in [0.15, 0.2) is 6.20 Å². The smallest absolute Gasteiger partial charge is 0.133 e. The lowest BCUT2D eigenvalue weighted by molar-refractivity contribution is -0.125. The van der Waals surface area contributed by atoms with Crippen molar-refractivity contribution in [1.29, 1.82) is 0 Å². The van der Waals surface area contributed by atoms with Crippen molar-refractivity contribution < 1.29 is 9.90 Å². The zero-order valence-electron chi connectivity index (χ0n) is 10.3. The topological polar surface area (TPSA) is 53.4 Å². The molecule has 2 rings (SSSR count).